The number of aromatic nitrogens is 5. The Hall–Kier alpha value is -3.02. The maximum Gasteiger partial charge on any atom is 0.160 e. The van der Waals surface area contributed by atoms with Gasteiger partial charge in [-0.2, -0.15) is 0 Å². The average Bonchev–Trinajstić information content (AvgIpc) is 3.12. The van der Waals surface area contributed by atoms with Crippen molar-refractivity contribution in [3.63, 3.8) is 0 Å². The van der Waals surface area contributed by atoms with Gasteiger partial charge in [-0.1, -0.05) is 18.2 Å². The predicted molar refractivity (Wildman–Crippen MR) is 101 cm³/mol. The molecule has 1 fully saturated rings. The third kappa shape index (κ3) is 2.41. The molecule has 26 heavy (non-hydrogen) atoms. The first-order chi connectivity index (χ1) is 12.8. The van der Waals surface area contributed by atoms with Gasteiger partial charge in [-0.05, 0) is 43.5 Å². The minimum atomic E-state index is 0.429. The van der Waals surface area contributed by atoms with E-state index >= 15 is 0 Å². The third-order valence-electron chi connectivity index (χ3n) is 5.35. The monoisotopic (exact) mass is 344 g/mol. The minimum absolute atomic E-state index is 0.429. The maximum absolute atomic E-state index is 4.59. The van der Waals surface area contributed by atoms with Crippen LogP contribution in [0.25, 0.3) is 16.6 Å². The van der Waals surface area contributed by atoms with E-state index < -0.39 is 0 Å². The minimum Gasteiger partial charge on any atom is -0.356 e. The molecule has 4 aromatic rings. The first-order valence-electron chi connectivity index (χ1n) is 9.06. The highest BCUT2D eigenvalue weighted by Gasteiger charge is 2.26. The molecule has 0 aliphatic carbocycles. The second-order valence-electron chi connectivity index (χ2n) is 6.92. The lowest BCUT2D eigenvalue weighted by atomic mass is 9.95. The van der Waals surface area contributed by atoms with Crippen molar-refractivity contribution < 1.29 is 0 Å². The second kappa shape index (κ2) is 6.05. The fourth-order valence-corrected chi connectivity index (χ4v) is 3.96. The molecular formula is C20H20N6. The lowest BCUT2D eigenvalue weighted by molar-refractivity contribution is 0.481. The van der Waals surface area contributed by atoms with E-state index in [0.717, 1.165) is 54.1 Å². The van der Waals surface area contributed by atoms with Gasteiger partial charge in [-0.15, -0.1) is 10.2 Å². The van der Waals surface area contributed by atoms with Crippen LogP contribution >= 0.6 is 0 Å². The molecule has 0 bridgehead atoms. The van der Waals surface area contributed by atoms with Gasteiger partial charge < -0.3 is 4.90 Å². The van der Waals surface area contributed by atoms with Crippen LogP contribution < -0.4 is 4.90 Å². The van der Waals surface area contributed by atoms with Crippen molar-refractivity contribution in [2.75, 3.05) is 18.0 Å². The molecule has 0 spiro atoms. The smallest absolute Gasteiger partial charge is 0.160 e. The molecule has 1 aliphatic heterocycles. The normalized spacial score (nSPS) is 15.8. The molecule has 0 saturated carbocycles. The Kier molecular flexibility index (Phi) is 3.55. The van der Waals surface area contributed by atoms with Gasteiger partial charge in [-0.25, -0.2) is 9.97 Å². The molecule has 1 saturated heterocycles. The summed E-state index contributed by atoms with van der Waals surface area (Å²) in [6.45, 7) is 4.03. The average molecular weight is 344 g/mol. The quantitative estimate of drug-likeness (QED) is 0.558. The topological polar surface area (TPSA) is 59.2 Å². The molecule has 0 atom stereocenters. The number of rotatable bonds is 2. The van der Waals surface area contributed by atoms with Crippen LogP contribution in [0, 0.1) is 6.92 Å². The van der Waals surface area contributed by atoms with Crippen LogP contribution in [0.2, 0.25) is 0 Å². The molecule has 1 aromatic carbocycles. The van der Waals surface area contributed by atoms with Crippen molar-refractivity contribution in [2.45, 2.75) is 25.7 Å². The van der Waals surface area contributed by atoms with Gasteiger partial charge in [0.1, 0.15) is 18.0 Å². The number of anilines is 1. The van der Waals surface area contributed by atoms with Gasteiger partial charge in [0.2, 0.25) is 0 Å². The summed E-state index contributed by atoms with van der Waals surface area (Å²) in [5.41, 5.74) is 3.15. The van der Waals surface area contributed by atoms with Crippen LogP contribution in [0.3, 0.4) is 0 Å². The van der Waals surface area contributed by atoms with E-state index in [9.17, 15) is 0 Å². The fourth-order valence-electron chi connectivity index (χ4n) is 3.96. The zero-order chi connectivity index (χ0) is 17.5. The molecule has 0 N–H and O–H groups in total. The molecule has 1 aliphatic rings. The van der Waals surface area contributed by atoms with E-state index in [4.69, 9.17) is 0 Å². The molecule has 6 nitrogen and oxygen atoms in total. The van der Waals surface area contributed by atoms with Crippen molar-refractivity contribution in [3.8, 4) is 0 Å². The second-order valence-corrected chi connectivity index (χ2v) is 6.92. The van der Waals surface area contributed by atoms with Crippen molar-refractivity contribution in [3.05, 3.63) is 60.3 Å². The molecular weight excluding hydrogens is 324 g/mol. The molecule has 4 heterocycles. The maximum atomic E-state index is 4.59. The number of piperidine rings is 1. The summed E-state index contributed by atoms with van der Waals surface area (Å²) >= 11 is 0. The van der Waals surface area contributed by atoms with Crippen LogP contribution in [0.15, 0.2) is 48.9 Å². The Morgan fingerprint density at radius 1 is 0.962 bits per heavy atom. The van der Waals surface area contributed by atoms with Gasteiger partial charge in [0.25, 0.3) is 0 Å². The molecule has 3 aromatic heterocycles. The van der Waals surface area contributed by atoms with E-state index in [1.54, 1.807) is 6.33 Å². The zero-order valence-electron chi connectivity index (χ0n) is 14.7. The summed E-state index contributed by atoms with van der Waals surface area (Å²) in [7, 11) is 0. The van der Waals surface area contributed by atoms with Crippen LogP contribution in [-0.2, 0) is 0 Å². The van der Waals surface area contributed by atoms with Crippen molar-refractivity contribution in [1.82, 2.24) is 24.6 Å². The lowest BCUT2D eigenvalue weighted by Gasteiger charge is -2.32. The SMILES string of the molecule is Cc1cccc2c(N3CCC(c4nnc5ccccn45)CC3)ncnc12. The number of nitrogens with zero attached hydrogens (tertiary/aromatic N) is 6. The Bertz CT molecular complexity index is 1080. The highest BCUT2D eigenvalue weighted by Crippen LogP contribution is 2.32. The largest absolute Gasteiger partial charge is 0.356 e. The Balaban J connectivity index is 1.42. The predicted octanol–water partition coefficient (Wildman–Crippen LogP) is 3.36. The van der Waals surface area contributed by atoms with Crippen molar-refractivity contribution >= 4 is 22.4 Å². The summed E-state index contributed by atoms with van der Waals surface area (Å²) in [5.74, 6) is 2.55. The zero-order valence-corrected chi connectivity index (χ0v) is 14.7. The highest BCUT2D eigenvalue weighted by atomic mass is 15.3. The van der Waals surface area contributed by atoms with Gasteiger partial charge in [0.05, 0.1) is 5.52 Å². The number of hydrogen-bond donors (Lipinski definition) is 0. The van der Waals surface area contributed by atoms with Gasteiger partial charge in [-0.3, -0.25) is 4.40 Å². The summed E-state index contributed by atoms with van der Waals surface area (Å²) in [4.78, 5) is 11.4. The number of benzene rings is 1. The van der Waals surface area contributed by atoms with E-state index in [1.165, 1.54) is 5.56 Å². The number of fused-ring (bicyclic) bond motifs is 2. The summed E-state index contributed by atoms with van der Waals surface area (Å²) < 4.78 is 2.11. The first-order valence-corrected chi connectivity index (χ1v) is 9.06. The van der Waals surface area contributed by atoms with E-state index in [1.807, 2.05) is 18.2 Å². The van der Waals surface area contributed by atoms with Crippen molar-refractivity contribution in [2.24, 2.45) is 0 Å². The van der Waals surface area contributed by atoms with E-state index in [0.29, 0.717) is 5.92 Å². The summed E-state index contributed by atoms with van der Waals surface area (Å²) in [6, 6.07) is 12.3. The van der Waals surface area contributed by atoms with Crippen molar-refractivity contribution in [1.29, 1.82) is 0 Å². The number of pyridine rings is 1. The summed E-state index contributed by atoms with van der Waals surface area (Å²) in [5, 5.41) is 9.89. The third-order valence-corrected chi connectivity index (χ3v) is 5.35. The standard InChI is InChI=1S/C20H20N6/c1-14-5-4-6-16-18(14)21-13-22-20(16)25-11-8-15(9-12-25)19-24-23-17-7-2-3-10-26(17)19/h2-7,10,13,15H,8-9,11-12H2,1H3. The lowest BCUT2D eigenvalue weighted by Crippen LogP contribution is -2.34. The van der Waals surface area contributed by atoms with Gasteiger partial charge >= 0.3 is 0 Å². The van der Waals surface area contributed by atoms with Crippen LogP contribution in [0.4, 0.5) is 5.82 Å². The number of hydrogen-bond acceptors (Lipinski definition) is 5. The molecule has 0 amide bonds. The first kappa shape index (κ1) is 15.3. The number of aryl methyl sites for hydroxylation is 1. The molecule has 130 valence electrons. The Morgan fingerprint density at radius 2 is 1.85 bits per heavy atom. The Morgan fingerprint density at radius 3 is 2.73 bits per heavy atom. The van der Waals surface area contributed by atoms with Crippen LogP contribution in [0.5, 0.6) is 0 Å². The number of para-hydroxylation sites is 1. The van der Waals surface area contributed by atoms with Crippen LogP contribution in [-0.4, -0.2) is 37.7 Å². The summed E-state index contributed by atoms with van der Waals surface area (Å²) in [6.07, 6.45) is 5.83. The molecule has 0 unspecified atom stereocenters. The molecule has 0 radical (unpaired) electrons. The van der Waals surface area contributed by atoms with Crippen LogP contribution in [0.1, 0.15) is 30.1 Å². The fraction of sp³-hybridized carbons (Fsp3) is 0.300. The van der Waals surface area contributed by atoms with Gasteiger partial charge in [0.15, 0.2) is 5.65 Å². The van der Waals surface area contributed by atoms with E-state index in [-0.39, 0.29) is 0 Å². The van der Waals surface area contributed by atoms with E-state index in [2.05, 4.69) is 60.8 Å². The molecule has 6 heteroatoms. The van der Waals surface area contributed by atoms with Gasteiger partial charge in [0, 0.05) is 30.6 Å². The highest BCUT2D eigenvalue weighted by molar-refractivity contribution is 5.91. The molecule has 5 rings (SSSR count). The Labute approximate surface area is 151 Å².